The lowest BCUT2D eigenvalue weighted by molar-refractivity contribution is -0.00148. The second-order valence-electron chi connectivity index (χ2n) is 4.23. The standard InChI is InChI=1S/C12H14ClNO/c13-9-1-2-10-8(7-9)4-6-15-12(10)11-3-5-14-11/h1-2,7,11-12,14H,3-6H2/t11-,12-/m0/s1. The molecule has 0 radical (unpaired) electrons. The summed E-state index contributed by atoms with van der Waals surface area (Å²) in [6.07, 6.45) is 2.44. The van der Waals surface area contributed by atoms with Gasteiger partial charge < -0.3 is 10.1 Å². The minimum atomic E-state index is 0.236. The largest absolute Gasteiger partial charge is 0.372 e. The quantitative estimate of drug-likeness (QED) is 0.789. The fraction of sp³-hybridized carbons (Fsp3) is 0.500. The number of ether oxygens (including phenoxy) is 1. The van der Waals surface area contributed by atoms with Crippen molar-refractivity contribution in [2.75, 3.05) is 13.2 Å². The van der Waals surface area contributed by atoms with Crippen molar-refractivity contribution in [2.45, 2.75) is 25.0 Å². The Morgan fingerprint density at radius 2 is 2.27 bits per heavy atom. The van der Waals surface area contributed by atoms with Gasteiger partial charge in [0.1, 0.15) is 0 Å². The van der Waals surface area contributed by atoms with Gasteiger partial charge >= 0.3 is 0 Å². The summed E-state index contributed by atoms with van der Waals surface area (Å²) in [6, 6.07) is 6.65. The predicted octanol–water partition coefficient (Wildman–Crippen LogP) is 2.32. The third kappa shape index (κ3) is 1.67. The van der Waals surface area contributed by atoms with E-state index in [1.54, 1.807) is 0 Å². The molecule has 80 valence electrons. The van der Waals surface area contributed by atoms with Crippen molar-refractivity contribution in [2.24, 2.45) is 0 Å². The molecule has 15 heavy (non-hydrogen) atoms. The van der Waals surface area contributed by atoms with Gasteiger partial charge in [-0.05, 0) is 42.6 Å². The van der Waals surface area contributed by atoms with Crippen LogP contribution in [0.25, 0.3) is 0 Å². The molecule has 1 saturated heterocycles. The molecule has 2 atom stereocenters. The minimum Gasteiger partial charge on any atom is -0.372 e. The highest BCUT2D eigenvalue weighted by molar-refractivity contribution is 6.30. The van der Waals surface area contributed by atoms with Crippen LogP contribution in [0.2, 0.25) is 5.02 Å². The van der Waals surface area contributed by atoms with Crippen LogP contribution in [0.5, 0.6) is 0 Å². The Bertz CT molecular complexity index is 376. The number of hydrogen-bond acceptors (Lipinski definition) is 2. The van der Waals surface area contributed by atoms with Crippen LogP contribution >= 0.6 is 11.6 Å². The van der Waals surface area contributed by atoms with Crippen LogP contribution in [0.4, 0.5) is 0 Å². The number of fused-ring (bicyclic) bond motifs is 1. The Hall–Kier alpha value is -0.570. The third-order valence-corrected chi connectivity index (χ3v) is 3.54. The Morgan fingerprint density at radius 1 is 1.40 bits per heavy atom. The molecule has 2 aliphatic heterocycles. The van der Waals surface area contributed by atoms with Crippen LogP contribution in [-0.2, 0) is 11.2 Å². The van der Waals surface area contributed by atoms with Gasteiger partial charge in [-0.15, -0.1) is 0 Å². The second kappa shape index (κ2) is 3.78. The molecule has 1 fully saturated rings. The number of rotatable bonds is 1. The van der Waals surface area contributed by atoms with Crippen molar-refractivity contribution in [3.8, 4) is 0 Å². The van der Waals surface area contributed by atoms with E-state index in [-0.39, 0.29) is 6.10 Å². The molecule has 2 aliphatic rings. The monoisotopic (exact) mass is 223 g/mol. The van der Waals surface area contributed by atoms with Crippen molar-refractivity contribution >= 4 is 11.6 Å². The smallest absolute Gasteiger partial charge is 0.0981 e. The molecule has 1 aromatic rings. The van der Waals surface area contributed by atoms with Crippen LogP contribution in [-0.4, -0.2) is 19.2 Å². The molecule has 0 unspecified atom stereocenters. The zero-order chi connectivity index (χ0) is 10.3. The molecule has 0 amide bonds. The van der Waals surface area contributed by atoms with E-state index in [9.17, 15) is 0 Å². The maximum Gasteiger partial charge on any atom is 0.0981 e. The third-order valence-electron chi connectivity index (χ3n) is 3.31. The van der Waals surface area contributed by atoms with E-state index in [2.05, 4.69) is 17.4 Å². The molecule has 3 rings (SSSR count). The van der Waals surface area contributed by atoms with Crippen molar-refractivity contribution in [3.63, 3.8) is 0 Å². The van der Waals surface area contributed by atoms with Crippen LogP contribution in [0, 0.1) is 0 Å². The van der Waals surface area contributed by atoms with E-state index >= 15 is 0 Å². The molecule has 0 bridgehead atoms. The van der Waals surface area contributed by atoms with Crippen LogP contribution in [0.15, 0.2) is 18.2 Å². The summed E-state index contributed by atoms with van der Waals surface area (Å²) in [6.45, 7) is 1.93. The summed E-state index contributed by atoms with van der Waals surface area (Å²) < 4.78 is 5.84. The first kappa shape index (κ1) is 9.64. The minimum absolute atomic E-state index is 0.236. The summed E-state index contributed by atoms with van der Waals surface area (Å²) in [5, 5.41) is 4.24. The maximum atomic E-state index is 6.00. The predicted molar refractivity (Wildman–Crippen MR) is 60.3 cm³/mol. The summed E-state index contributed by atoms with van der Waals surface area (Å²) in [5.74, 6) is 0. The van der Waals surface area contributed by atoms with E-state index in [1.165, 1.54) is 17.5 Å². The molecule has 1 N–H and O–H groups in total. The lowest BCUT2D eigenvalue weighted by atomic mass is 9.89. The lowest BCUT2D eigenvalue weighted by Gasteiger charge is -2.38. The van der Waals surface area contributed by atoms with Gasteiger partial charge in [-0.1, -0.05) is 17.7 Å². The molecule has 0 saturated carbocycles. The first-order chi connectivity index (χ1) is 7.34. The van der Waals surface area contributed by atoms with Crippen molar-refractivity contribution < 1.29 is 4.74 Å². The zero-order valence-corrected chi connectivity index (χ0v) is 9.26. The summed E-state index contributed by atoms with van der Waals surface area (Å²) in [5.41, 5.74) is 2.68. The van der Waals surface area contributed by atoms with Gasteiger partial charge in [0.05, 0.1) is 12.7 Å². The topological polar surface area (TPSA) is 21.3 Å². The number of hydrogen-bond donors (Lipinski definition) is 1. The average Bonchev–Trinajstić information content (AvgIpc) is 2.15. The SMILES string of the molecule is Clc1ccc2c(c1)CCO[C@@H]2[C@@H]1CCN1. The van der Waals surface area contributed by atoms with E-state index < -0.39 is 0 Å². The normalized spacial score (nSPS) is 29.4. The molecule has 0 aliphatic carbocycles. The van der Waals surface area contributed by atoms with E-state index in [4.69, 9.17) is 16.3 Å². The molecule has 2 nitrogen and oxygen atoms in total. The highest BCUT2D eigenvalue weighted by Gasteiger charge is 2.32. The first-order valence-corrected chi connectivity index (χ1v) is 5.86. The van der Waals surface area contributed by atoms with Crippen LogP contribution in [0.1, 0.15) is 23.7 Å². The Morgan fingerprint density at radius 3 is 3.00 bits per heavy atom. The van der Waals surface area contributed by atoms with Crippen LogP contribution < -0.4 is 5.32 Å². The number of benzene rings is 1. The first-order valence-electron chi connectivity index (χ1n) is 5.48. The van der Waals surface area contributed by atoms with E-state index in [0.29, 0.717) is 6.04 Å². The molecule has 0 aromatic heterocycles. The summed E-state index contributed by atoms with van der Waals surface area (Å²) >= 11 is 6.00. The van der Waals surface area contributed by atoms with E-state index in [1.807, 2.05) is 6.07 Å². The second-order valence-corrected chi connectivity index (χ2v) is 4.67. The van der Waals surface area contributed by atoms with Gasteiger partial charge in [-0.3, -0.25) is 0 Å². The lowest BCUT2D eigenvalue weighted by Crippen LogP contribution is -2.48. The maximum absolute atomic E-state index is 6.00. The van der Waals surface area contributed by atoms with E-state index in [0.717, 1.165) is 24.6 Å². The number of nitrogens with one attached hydrogen (secondary N) is 1. The van der Waals surface area contributed by atoms with Gasteiger partial charge in [-0.2, -0.15) is 0 Å². The average molecular weight is 224 g/mol. The van der Waals surface area contributed by atoms with Gasteiger partial charge in [0.15, 0.2) is 0 Å². The van der Waals surface area contributed by atoms with Gasteiger partial charge in [0.2, 0.25) is 0 Å². The Balaban J connectivity index is 1.95. The molecule has 0 spiro atoms. The molecule has 3 heteroatoms. The molecule has 1 aromatic carbocycles. The zero-order valence-electron chi connectivity index (χ0n) is 8.50. The summed E-state index contributed by atoms with van der Waals surface area (Å²) in [7, 11) is 0. The number of halogens is 1. The van der Waals surface area contributed by atoms with Crippen LogP contribution in [0.3, 0.4) is 0 Å². The highest BCUT2D eigenvalue weighted by Crippen LogP contribution is 2.34. The van der Waals surface area contributed by atoms with Gasteiger partial charge in [-0.25, -0.2) is 0 Å². The van der Waals surface area contributed by atoms with Gasteiger partial charge in [0.25, 0.3) is 0 Å². The highest BCUT2D eigenvalue weighted by atomic mass is 35.5. The fourth-order valence-corrected chi connectivity index (χ4v) is 2.55. The van der Waals surface area contributed by atoms with Gasteiger partial charge in [0, 0.05) is 11.1 Å². The van der Waals surface area contributed by atoms with Crippen molar-refractivity contribution in [3.05, 3.63) is 34.3 Å². The van der Waals surface area contributed by atoms with Crippen molar-refractivity contribution in [1.29, 1.82) is 0 Å². The Kier molecular flexibility index (Phi) is 2.43. The fourth-order valence-electron chi connectivity index (χ4n) is 2.36. The Labute approximate surface area is 94.6 Å². The molecular formula is C12H14ClNO. The molecular weight excluding hydrogens is 210 g/mol. The molecule has 2 heterocycles. The summed E-state index contributed by atoms with van der Waals surface area (Å²) in [4.78, 5) is 0. The van der Waals surface area contributed by atoms with Crippen molar-refractivity contribution in [1.82, 2.24) is 5.32 Å².